The van der Waals surface area contributed by atoms with Crippen LogP contribution in [0.5, 0.6) is 5.88 Å². The minimum atomic E-state index is -4.97. The normalized spacial score (nSPS) is 15.8. The van der Waals surface area contributed by atoms with Crippen molar-refractivity contribution in [2.24, 2.45) is 0 Å². The van der Waals surface area contributed by atoms with Gasteiger partial charge in [0.25, 0.3) is 0 Å². The molecule has 1 atom stereocenters. The number of nitrogens with zero attached hydrogens (tertiary/aromatic N) is 2. The lowest BCUT2D eigenvalue weighted by Gasteiger charge is -2.29. The maximum atomic E-state index is 14.5. The Balaban J connectivity index is 1.75. The zero-order valence-corrected chi connectivity index (χ0v) is 18.1. The van der Waals surface area contributed by atoms with E-state index in [1.54, 1.807) is 4.90 Å². The van der Waals surface area contributed by atoms with Gasteiger partial charge in [-0.1, -0.05) is 0 Å². The average Bonchev–Trinajstić information content (AvgIpc) is 3.00. The molecule has 11 heteroatoms. The summed E-state index contributed by atoms with van der Waals surface area (Å²) in [6, 6.07) is 5.08. The van der Waals surface area contributed by atoms with E-state index in [4.69, 9.17) is 4.74 Å². The minimum absolute atomic E-state index is 0.00587. The van der Waals surface area contributed by atoms with Crippen LogP contribution in [0.1, 0.15) is 35.2 Å². The first kappa shape index (κ1) is 24.9. The van der Waals surface area contributed by atoms with Crippen LogP contribution in [0.3, 0.4) is 0 Å². The van der Waals surface area contributed by atoms with Crippen LogP contribution in [0, 0.1) is 11.6 Å². The number of rotatable bonds is 3. The maximum absolute atomic E-state index is 14.5. The molecular weight excluding hydrogens is 484 g/mol. The predicted molar refractivity (Wildman–Crippen MR) is 110 cm³/mol. The van der Waals surface area contributed by atoms with Crippen molar-refractivity contribution in [3.8, 4) is 17.0 Å². The highest BCUT2D eigenvalue weighted by atomic mass is 19.4. The smallest absolute Gasteiger partial charge is 0.416 e. The highest BCUT2D eigenvalue weighted by Crippen LogP contribution is 2.40. The van der Waals surface area contributed by atoms with Gasteiger partial charge in [0, 0.05) is 42.5 Å². The van der Waals surface area contributed by atoms with Crippen molar-refractivity contribution < 1.29 is 39.9 Å². The van der Waals surface area contributed by atoms with E-state index in [9.17, 15) is 35.1 Å². The summed E-state index contributed by atoms with van der Waals surface area (Å²) < 4.78 is 114. The number of hydrogen-bond donors (Lipinski definition) is 0. The highest BCUT2D eigenvalue weighted by molar-refractivity contribution is 5.69. The van der Waals surface area contributed by atoms with Gasteiger partial charge in [0.2, 0.25) is 5.88 Å². The molecule has 3 nitrogen and oxygen atoms in total. The largest absolute Gasteiger partial charge is 0.476 e. The van der Waals surface area contributed by atoms with Gasteiger partial charge in [0.05, 0.1) is 11.1 Å². The van der Waals surface area contributed by atoms with E-state index >= 15 is 0 Å². The minimum Gasteiger partial charge on any atom is -0.476 e. The lowest BCUT2D eigenvalue weighted by molar-refractivity contribution is -0.143. The van der Waals surface area contributed by atoms with Gasteiger partial charge >= 0.3 is 12.4 Å². The number of ether oxygens (including phenoxy) is 1. The van der Waals surface area contributed by atoms with E-state index in [0.29, 0.717) is 29.3 Å². The molecule has 0 N–H and O–H groups in total. The summed E-state index contributed by atoms with van der Waals surface area (Å²) in [5.74, 6) is -1.46. The molecule has 0 saturated carbocycles. The third-order valence-electron chi connectivity index (χ3n) is 5.86. The molecule has 35 heavy (non-hydrogen) atoms. The monoisotopic (exact) mass is 502 g/mol. The fraction of sp³-hybridized carbons (Fsp3) is 0.292. The second-order valence-corrected chi connectivity index (χ2v) is 8.10. The number of pyridine rings is 1. The van der Waals surface area contributed by atoms with Gasteiger partial charge < -0.3 is 4.74 Å². The van der Waals surface area contributed by atoms with Crippen LogP contribution in [0.4, 0.5) is 35.1 Å². The van der Waals surface area contributed by atoms with Gasteiger partial charge in [0.1, 0.15) is 18.2 Å². The summed E-state index contributed by atoms with van der Waals surface area (Å²) in [6.45, 7) is 1.68. The van der Waals surface area contributed by atoms with Gasteiger partial charge in [-0.05, 0) is 54.4 Å². The third kappa shape index (κ3) is 5.24. The van der Waals surface area contributed by atoms with E-state index < -0.39 is 41.2 Å². The van der Waals surface area contributed by atoms with Crippen LogP contribution < -0.4 is 4.74 Å². The molecule has 0 saturated heterocycles. The Hall–Kier alpha value is -3.21. The van der Waals surface area contributed by atoms with Crippen LogP contribution >= 0.6 is 0 Å². The molecule has 1 aliphatic rings. The molecule has 1 aromatic heterocycles. The molecule has 0 amide bonds. The van der Waals surface area contributed by atoms with Crippen molar-refractivity contribution >= 4 is 0 Å². The Morgan fingerprint density at radius 2 is 1.54 bits per heavy atom. The summed E-state index contributed by atoms with van der Waals surface area (Å²) in [5, 5.41) is 0. The number of halogens is 8. The Kier molecular flexibility index (Phi) is 6.48. The summed E-state index contributed by atoms with van der Waals surface area (Å²) in [5.41, 5.74) is -2.24. The van der Waals surface area contributed by atoms with Crippen molar-refractivity contribution in [1.29, 1.82) is 0 Å². The predicted octanol–water partition coefficient (Wildman–Crippen LogP) is 7.02. The van der Waals surface area contributed by atoms with Gasteiger partial charge in [0.15, 0.2) is 0 Å². The first-order chi connectivity index (χ1) is 16.3. The third-order valence-corrected chi connectivity index (χ3v) is 5.86. The molecule has 0 fully saturated rings. The molecule has 186 valence electrons. The fourth-order valence-corrected chi connectivity index (χ4v) is 4.01. The van der Waals surface area contributed by atoms with E-state index in [1.807, 2.05) is 0 Å². The molecular formula is C24H18F8N2O. The SMILES string of the molecule is CC(c1cc(C(F)(F)F)cc(C(F)(F)F)c1)N1CCOc2nccc(-c3ccc(F)cc3F)c2C1. The van der Waals surface area contributed by atoms with E-state index in [1.165, 1.54) is 25.3 Å². The maximum Gasteiger partial charge on any atom is 0.416 e. The summed E-state index contributed by atoms with van der Waals surface area (Å²) in [6.07, 6.45) is -8.57. The first-order valence-corrected chi connectivity index (χ1v) is 10.4. The number of aromatic nitrogens is 1. The summed E-state index contributed by atoms with van der Waals surface area (Å²) in [7, 11) is 0. The summed E-state index contributed by atoms with van der Waals surface area (Å²) in [4.78, 5) is 5.75. The van der Waals surface area contributed by atoms with Crippen LogP contribution in [0.2, 0.25) is 0 Å². The lowest BCUT2D eigenvalue weighted by Crippen LogP contribution is -2.29. The quantitative estimate of drug-likeness (QED) is 0.360. The molecule has 2 heterocycles. The number of alkyl halides is 6. The molecule has 0 aliphatic carbocycles. The zero-order chi connectivity index (χ0) is 25.5. The van der Waals surface area contributed by atoms with E-state index in [-0.39, 0.29) is 42.8 Å². The molecule has 1 aliphatic heterocycles. The second-order valence-electron chi connectivity index (χ2n) is 8.10. The zero-order valence-electron chi connectivity index (χ0n) is 18.1. The van der Waals surface area contributed by atoms with Crippen LogP contribution in [-0.4, -0.2) is 23.0 Å². The lowest BCUT2D eigenvalue weighted by atomic mass is 9.97. The molecule has 2 aromatic carbocycles. The molecule has 3 aromatic rings. The van der Waals surface area contributed by atoms with E-state index in [0.717, 1.165) is 6.07 Å². The van der Waals surface area contributed by atoms with E-state index in [2.05, 4.69) is 4.98 Å². The number of hydrogen-bond acceptors (Lipinski definition) is 3. The van der Waals surface area contributed by atoms with Crippen molar-refractivity contribution in [1.82, 2.24) is 9.88 Å². The van der Waals surface area contributed by atoms with Crippen molar-refractivity contribution in [2.75, 3.05) is 13.2 Å². The molecule has 0 radical (unpaired) electrons. The van der Waals surface area contributed by atoms with Gasteiger partial charge in [-0.3, -0.25) is 4.90 Å². The second kappa shape index (κ2) is 9.10. The van der Waals surface area contributed by atoms with Gasteiger partial charge in [-0.2, -0.15) is 26.3 Å². The molecule has 0 bridgehead atoms. The van der Waals surface area contributed by atoms with Crippen LogP contribution in [-0.2, 0) is 18.9 Å². The molecule has 4 rings (SSSR count). The Labute approximate surface area is 195 Å². The van der Waals surface area contributed by atoms with Crippen LogP contribution in [0.15, 0.2) is 48.7 Å². The van der Waals surface area contributed by atoms with Crippen molar-refractivity contribution in [3.63, 3.8) is 0 Å². The van der Waals surface area contributed by atoms with Gasteiger partial charge in [-0.15, -0.1) is 0 Å². The highest BCUT2D eigenvalue weighted by Gasteiger charge is 2.38. The first-order valence-electron chi connectivity index (χ1n) is 10.4. The average molecular weight is 502 g/mol. The fourth-order valence-electron chi connectivity index (χ4n) is 4.01. The van der Waals surface area contributed by atoms with Crippen LogP contribution in [0.25, 0.3) is 11.1 Å². The molecule has 0 spiro atoms. The number of benzene rings is 2. The molecule has 1 unspecified atom stereocenters. The topological polar surface area (TPSA) is 25.4 Å². The summed E-state index contributed by atoms with van der Waals surface area (Å²) >= 11 is 0. The van der Waals surface area contributed by atoms with Gasteiger partial charge in [-0.25, -0.2) is 13.8 Å². The van der Waals surface area contributed by atoms with Crippen molar-refractivity contribution in [3.05, 3.63) is 82.5 Å². The standard InChI is InChI=1S/C24H18F8N2O/c1-13(14-8-15(23(27,28)29)10-16(9-14)24(30,31)32)34-6-7-35-22-20(12-34)18(4-5-33-22)19-3-2-17(25)11-21(19)26/h2-5,8-11,13H,6-7,12H2,1H3. The Bertz CT molecular complexity index is 1210. The number of fused-ring (bicyclic) bond motifs is 1. The Morgan fingerprint density at radius 1 is 0.886 bits per heavy atom. The van der Waals surface area contributed by atoms with Crippen molar-refractivity contribution in [2.45, 2.75) is 31.9 Å². The Morgan fingerprint density at radius 3 is 2.14 bits per heavy atom.